The van der Waals surface area contributed by atoms with Crippen molar-refractivity contribution >= 4 is 5.91 Å². The fourth-order valence-electron chi connectivity index (χ4n) is 4.07. The molecule has 1 fully saturated rings. The van der Waals surface area contributed by atoms with E-state index < -0.39 is 11.3 Å². The highest BCUT2D eigenvalue weighted by atomic mass is 16.5. The molecule has 1 aliphatic carbocycles. The van der Waals surface area contributed by atoms with E-state index in [0.717, 1.165) is 29.7 Å². The van der Waals surface area contributed by atoms with E-state index in [1.807, 2.05) is 54.6 Å². The molecule has 0 saturated heterocycles. The molecule has 0 aromatic heterocycles. The maximum atomic E-state index is 12.7. The van der Waals surface area contributed by atoms with Crippen molar-refractivity contribution in [2.24, 2.45) is 5.92 Å². The Bertz CT molecular complexity index is 808. The minimum absolute atomic E-state index is 0.0409. The van der Waals surface area contributed by atoms with E-state index in [1.165, 1.54) is 0 Å². The van der Waals surface area contributed by atoms with Crippen LogP contribution in [-0.4, -0.2) is 42.0 Å². The van der Waals surface area contributed by atoms with Gasteiger partial charge in [-0.05, 0) is 42.0 Å². The molecule has 162 valence electrons. The predicted octanol–water partition coefficient (Wildman–Crippen LogP) is 3.40. The first-order valence-electron chi connectivity index (χ1n) is 10.8. The third-order valence-electron chi connectivity index (χ3n) is 6.12. The van der Waals surface area contributed by atoms with Crippen LogP contribution in [0.5, 0.6) is 5.75 Å². The topological polar surface area (TPSA) is 78.8 Å². The van der Waals surface area contributed by atoms with E-state index >= 15 is 0 Å². The summed E-state index contributed by atoms with van der Waals surface area (Å²) in [4.78, 5) is 12.7. The summed E-state index contributed by atoms with van der Waals surface area (Å²) in [5, 5.41) is 22.8. The number of hydrogen-bond donors (Lipinski definition) is 3. The van der Waals surface area contributed by atoms with Crippen LogP contribution >= 0.6 is 0 Å². The summed E-state index contributed by atoms with van der Waals surface area (Å²) in [6.45, 7) is 4.76. The molecular formula is C25H33NO4. The molecule has 2 aromatic carbocycles. The molecule has 2 aromatic rings. The minimum atomic E-state index is -0.607. The van der Waals surface area contributed by atoms with Crippen molar-refractivity contribution in [1.29, 1.82) is 0 Å². The van der Waals surface area contributed by atoms with Crippen LogP contribution < -0.4 is 10.1 Å². The highest BCUT2D eigenvalue weighted by Gasteiger charge is 2.56. The lowest BCUT2D eigenvalue weighted by atomic mass is 9.95. The first kappa shape index (κ1) is 22.3. The van der Waals surface area contributed by atoms with Crippen LogP contribution in [0.1, 0.15) is 50.2 Å². The normalized spacial score (nSPS) is 22.2. The molecule has 3 unspecified atom stereocenters. The van der Waals surface area contributed by atoms with Gasteiger partial charge in [0.15, 0.2) is 0 Å². The second-order valence-corrected chi connectivity index (χ2v) is 8.45. The Balaban J connectivity index is 1.61. The van der Waals surface area contributed by atoms with E-state index in [4.69, 9.17) is 4.74 Å². The molecule has 5 heteroatoms. The number of amides is 1. The number of aliphatic hydroxyl groups is 2. The van der Waals surface area contributed by atoms with E-state index in [2.05, 4.69) is 19.2 Å². The summed E-state index contributed by atoms with van der Waals surface area (Å²) in [6, 6.07) is 16.9. The van der Waals surface area contributed by atoms with E-state index in [9.17, 15) is 15.0 Å². The number of benzene rings is 2. The van der Waals surface area contributed by atoms with Crippen LogP contribution in [0.15, 0.2) is 54.6 Å². The number of ether oxygens (including phenoxy) is 1. The van der Waals surface area contributed by atoms with Crippen molar-refractivity contribution in [3.8, 4) is 5.75 Å². The molecule has 0 bridgehead atoms. The molecule has 1 saturated carbocycles. The molecule has 0 heterocycles. The molecule has 5 nitrogen and oxygen atoms in total. The van der Waals surface area contributed by atoms with Crippen LogP contribution in [0.3, 0.4) is 0 Å². The first-order valence-corrected chi connectivity index (χ1v) is 10.8. The Kier molecular flexibility index (Phi) is 7.51. The van der Waals surface area contributed by atoms with E-state index in [-0.39, 0.29) is 25.2 Å². The zero-order valence-corrected chi connectivity index (χ0v) is 17.9. The van der Waals surface area contributed by atoms with Gasteiger partial charge in [0.2, 0.25) is 5.91 Å². The number of rotatable bonds is 11. The molecule has 3 N–H and O–H groups in total. The molecular weight excluding hydrogens is 378 g/mol. The Morgan fingerprint density at radius 2 is 1.87 bits per heavy atom. The van der Waals surface area contributed by atoms with Crippen LogP contribution in [0.2, 0.25) is 0 Å². The third-order valence-corrected chi connectivity index (χ3v) is 6.12. The van der Waals surface area contributed by atoms with Crippen molar-refractivity contribution in [3.63, 3.8) is 0 Å². The number of aliphatic hydroxyl groups excluding tert-OH is 2. The summed E-state index contributed by atoms with van der Waals surface area (Å²) in [5.41, 5.74) is 1.30. The minimum Gasteiger partial charge on any atom is -0.493 e. The van der Waals surface area contributed by atoms with Gasteiger partial charge in [0.05, 0.1) is 25.7 Å². The van der Waals surface area contributed by atoms with Gasteiger partial charge >= 0.3 is 0 Å². The number of hydrogen-bond acceptors (Lipinski definition) is 4. The number of nitrogens with one attached hydrogen (secondary N) is 1. The molecule has 3 rings (SSSR count). The molecule has 0 radical (unpaired) electrons. The summed E-state index contributed by atoms with van der Waals surface area (Å²) in [6.07, 6.45) is 2.97. The fraction of sp³-hybridized carbons (Fsp3) is 0.480. The monoisotopic (exact) mass is 411 g/mol. The van der Waals surface area contributed by atoms with Gasteiger partial charge in [0.1, 0.15) is 5.75 Å². The number of carbonyl (C=O) groups excluding carboxylic acids is 1. The Morgan fingerprint density at radius 1 is 1.17 bits per heavy atom. The van der Waals surface area contributed by atoms with Gasteiger partial charge in [-0.3, -0.25) is 4.79 Å². The third kappa shape index (κ3) is 5.02. The fourth-order valence-corrected chi connectivity index (χ4v) is 4.07. The highest BCUT2D eigenvalue weighted by molar-refractivity contribution is 5.84. The van der Waals surface area contributed by atoms with Gasteiger partial charge in [-0.2, -0.15) is 0 Å². The maximum absolute atomic E-state index is 12.7. The quantitative estimate of drug-likeness (QED) is 0.530. The zero-order chi connectivity index (χ0) is 21.6. The summed E-state index contributed by atoms with van der Waals surface area (Å²) >= 11 is 0. The number of carbonyl (C=O) groups is 1. The van der Waals surface area contributed by atoms with Gasteiger partial charge in [0.25, 0.3) is 0 Å². The molecule has 0 aliphatic heterocycles. The smallest absolute Gasteiger partial charge is 0.230 e. The van der Waals surface area contributed by atoms with Gasteiger partial charge in [-0.1, -0.05) is 62.7 Å². The average molecular weight is 412 g/mol. The standard InChI is InChI=1S/C25H33NO4/c1-3-7-18(2)16-30-21-12-10-20(11-13-21)25(17-28)14-23(25)26-24(29)22(15-27)19-8-5-4-6-9-19/h4-6,8-13,18,22-23,27-28H,3,7,14-17H2,1-2H3,(H,26,29)/t18?,22?,23?,25-/m1/s1. The lowest BCUT2D eigenvalue weighted by Gasteiger charge is -2.19. The van der Waals surface area contributed by atoms with Gasteiger partial charge in [0, 0.05) is 11.5 Å². The Hall–Kier alpha value is -2.37. The van der Waals surface area contributed by atoms with Gasteiger partial charge in [-0.15, -0.1) is 0 Å². The molecule has 30 heavy (non-hydrogen) atoms. The van der Waals surface area contributed by atoms with Crippen molar-refractivity contribution in [2.75, 3.05) is 19.8 Å². The van der Waals surface area contributed by atoms with Crippen LogP contribution in [0, 0.1) is 5.92 Å². The van der Waals surface area contributed by atoms with Crippen LogP contribution in [0.4, 0.5) is 0 Å². The zero-order valence-electron chi connectivity index (χ0n) is 17.9. The second-order valence-electron chi connectivity index (χ2n) is 8.45. The maximum Gasteiger partial charge on any atom is 0.230 e. The van der Waals surface area contributed by atoms with E-state index in [1.54, 1.807) is 0 Å². The lowest BCUT2D eigenvalue weighted by Crippen LogP contribution is -2.37. The lowest BCUT2D eigenvalue weighted by molar-refractivity contribution is -0.123. The SMILES string of the molecule is CCCC(C)COc1ccc([C@]2(CO)CC2NC(=O)C(CO)c2ccccc2)cc1. The van der Waals surface area contributed by atoms with Crippen LogP contribution in [0.25, 0.3) is 0 Å². The first-order chi connectivity index (χ1) is 14.5. The van der Waals surface area contributed by atoms with Gasteiger partial charge in [-0.25, -0.2) is 0 Å². The average Bonchev–Trinajstić information content (AvgIpc) is 3.48. The second kappa shape index (κ2) is 10.1. The molecule has 1 aliphatic rings. The molecule has 0 spiro atoms. The van der Waals surface area contributed by atoms with Crippen molar-refractivity contribution in [1.82, 2.24) is 5.32 Å². The summed E-state index contributed by atoms with van der Waals surface area (Å²) in [5.74, 6) is 0.518. The molecule has 1 amide bonds. The highest BCUT2D eigenvalue weighted by Crippen LogP contribution is 2.48. The summed E-state index contributed by atoms with van der Waals surface area (Å²) in [7, 11) is 0. The van der Waals surface area contributed by atoms with Gasteiger partial charge < -0.3 is 20.3 Å². The summed E-state index contributed by atoms with van der Waals surface area (Å²) < 4.78 is 5.87. The Labute approximate surface area is 179 Å². The Morgan fingerprint density at radius 3 is 2.47 bits per heavy atom. The molecule has 4 atom stereocenters. The predicted molar refractivity (Wildman–Crippen MR) is 118 cm³/mol. The largest absolute Gasteiger partial charge is 0.493 e. The van der Waals surface area contributed by atoms with E-state index in [0.29, 0.717) is 18.9 Å². The van der Waals surface area contributed by atoms with Crippen LogP contribution in [-0.2, 0) is 10.2 Å². The van der Waals surface area contributed by atoms with Crippen molar-refractivity contribution < 1.29 is 19.7 Å². The van der Waals surface area contributed by atoms with Crippen molar-refractivity contribution in [2.45, 2.75) is 50.5 Å². The van der Waals surface area contributed by atoms with Crippen molar-refractivity contribution in [3.05, 3.63) is 65.7 Å².